The highest BCUT2D eigenvalue weighted by atomic mass is 79.9. The molecule has 0 aliphatic rings. The van der Waals surface area contributed by atoms with Gasteiger partial charge in [0.15, 0.2) is 24.8 Å². The van der Waals surface area contributed by atoms with Crippen molar-refractivity contribution in [1.29, 1.82) is 0 Å². The summed E-state index contributed by atoms with van der Waals surface area (Å²) in [6.45, 7) is 2.48. The number of halogens is 2. The molecule has 0 fully saturated rings. The highest BCUT2D eigenvalue weighted by Crippen LogP contribution is 2.21. The Morgan fingerprint density at radius 1 is 1.07 bits per heavy atom. The molecule has 7 nitrogen and oxygen atoms in total. The lowest BCUT2D eigenvalue weighted by atomic mass is 10.1. The molecule has 0 aliphatic carbocycles. The molecule has 2 N–H and O–H groups in total. The second-order valence-corrected chi connectivity index (χ2v) is 6.76. The number of carbonyl (C=O) groups excluding carboxylic acids is 3. The summed E-state index contributed by atoms with van der Waals surface area (Å²) in [6, 6.07) is 8.74. The lowest BCUT2D eigenvalue weighted by Gasteiger charge is -2.10. The van der Waals surface area contributed by atoms with Crippen molar-refractivity contribution in [3.05, 3.63) is 57.8 Å². The van der Waals surface area contributed by atoms with Gasteiger partial charge in [-0.2, -0.15) is 0 Å². The maximum absolute atomic E-state index is 13.6. The Hall–Kier alpha value is -2.94. The maximum Gasteiger partial charge on any atom is 0.344 e. The fourth-order valence-corrected chi connectivity index (χ4v) is 2.52. The zero-order valence-corrected chi connectivity index (χ0v) is 16.8. The molecule has 28 heavy (non-hydrogen) atoms. The number of nitrogens with one attached hydrogen (secondary N) is 2. The van der Waals surface area contributed by atoms with E-state index in [1.165, 1.54) is 12.1 Å². The van der Waals surface area contributed by atoms with Crippen molar-refractivity contribution in [2.75, 3.05) is 18.5 Å². The number of anilines is 1. The number of imide groups is 1. The smallest absolute Gasteiger partial charge is 0.344 e. The summed E-state index contributed by atoms with van der Waals surface area (Å²) >= 11 is 3.10. The van der Waals surface area contributed by atoms with Crippen LogP contribution in [0.4, 0.5) is 14.9 Å². The molecule has 0 spiro atoms. The van der Waals surface area contributed by atoms with Crippen molar-refractivity contribution in [3.8, 4) is 5.75 Å². The van der Waals surface area contributed by atoms with E-state index in [2.05, 4.69) is 21.2 Å². The molecule has 0 unspecified atom stereocenters. The van der Waals surface area contributed by atoms with Gasteiger partial charge in [0.05, 0.1) is 0 Å². The van der Waals surface area contributed by atoms with Crippen LogP contribution in [0.15, 0.2) is 40.9 Å². The number of esters is 1. The van der Waals surface area contributed by atoms with Gasteiger partial charge in [-0.05, 0) is 43.7 Å². The molecule has 9 heteroatoms. The fourth-order valence-electron chi connectivity index (χ4n) is 2.19. The molecule has 3 amide bonds. The molecule has 2 rings (SSSR count). The van der Waals surface area contributed by atoms with Gasteiger partial charge in [0.1, 0.15) is 0 Å². The Labute approximate surface area is 169 Å². The van der Waals surface area contributed by atoms with Crippen LogP contribution in [0.1, 0.15) is 11.1 Å². The number of hydrogen-bond donors (Lipinski definition) is 2. The molecule has 0 saturated heterocycles. The minimum Gasteiger partial charge on any atom is -0.479 e. The molecule has 0 atom stereocenters. The van der Waals surface area contributed by atoms with Crippen LogP contribution in [-0.4, -0.2) is 31.1 Å². The zero-order valence-electron chi connectivity index (χ0n) is 15.2. The summed E-state index contributed by atoms with van der Waals surface area (Å²) in [5.74, 6) is -2.47. The number of benzene rings is 2. The Bertz CT molecular complexity index is 904. The first kappa shape index (κ1) is 21.4. The van der Waals surface area contributed by atoms with E-state index in [9.17, 15) is 18.8 Å². The predicted octanol–water partition coefficient (Wildman–Crippen LogP) is 3.48. The topological polar surface area (TPSA) is 93.7 Å². The summed E-state index contributed by atoms with van der Waals surface area (Å²) in [4.78, 5) is 35.1. The quantitative estimate of drug-likeness (QED) is 0.654. The second kappa shape index (κ2) is 9.84. The lowest BCUT2D eigenvalue weighted by molar-refractivity contribution is -0.150. The predicted molar refractivity (Wildman–Crippen MR) is 104 cm³/mol. The van der Waals surface area contributed by atoms with E-state index in [4.69, 9.17) is 9.47 Å². The molecule has 0 aromatic heterocycles. The van der Waals surface area contributed by atoms with Gasteiger partial charge in [-0.1, -0.05) is 33.6 Å². The van der Waals surface area contributed by atoms with E-state index in [0.717, 1.165) is 11.1 Å². The van der Waals surface area contributed by atoms with Crippen LogP contribution < -0.4 is 15.4 Å². The van der Waals surface area contributed by atoms with Crippen LogP contribution in [0, 0.1) is 19.7 Å². The van der Waals surface area contributed by atoms with E-state index in [1.54, 1.807) is 12.1 Å². The Kier molecular flexibility index (Phi) is 7.51. The van der Waals surface area contributed by atoms with Crippen molar-refractivity contribution < 1.29 is 28.2 Å². The third-order valence-electron chi connectivity index (χ3n) is 3.49. The van der Waals surface area contributed by atoms with Crippen molar-refractivity contribution in [2.45, 2.75) is 13.8 Å². The molecular formula is C19H18BrFN2O5. The SMILES string of the molecule is Cc1ccc(NC(=O)NC(=O)COC(=O)COc2ccc(Br)cc2F)c(C)c1. The average molecular weight is 453 g/mol. The maximum atomic E-state index is 13.6. The van der Waals surface area contributed by atoms with Gasteiger partial charge in [-0.15, -0.1) is 0 Å². The van der Waals surface area contributed by atoms with E-state index in [-0.39, 0.29) is 5.75 Å². The van der Waals surface area contributed by atoms with Gasteiger partial charge >= 0.3 is 12.0 Å². The van der Waals surface area contributed by atoms with Gasteiger partial charge < -0.3 is 14.8 Å². The number of aryl methyl sites for hydroxylation is 2. The molecule has 0 heterocycles. The van der Waals surface area contributed by atoms with Crippen LogP contribution in [-0.2, 0) is 14.3 Å². The summed E-state index contributed by atoms with van der Waals surface area (Å²) in [7, 11) is 0. The first-order valence-corrected chi connectivity index (χ1v) is 8.95. The van der Waals surface area contributed by atoms with Crippen molar-refractivity contribution in [1.82, 2.24) is 5.32 Å². The minimum atomic E-state index is -0.882. The lowest BCUT2D eigenvalue weighted by Crippen LogP contribution is -2.37. The molecule has 148 valence electrons. The van der Waals surface area contributed by atoms with Crippen LogP contribution in [0.2, 0.25) is 0 Å². The van der Waals surface area contributed by atoms with Gasteiger partial charge in [-0.25, -0.2) is 14.0 Å². The third-order valence-corrected chi connectivity index (χ3v) is 3.98. The largest absolute Gasteiger partial charge is 0.479 e. The minimum absolute atomic E-state index is 0.127. The number of ether oxygens (including phenoxy) is 2. The van der Waals surface area contributed by atoms with Crippen molar-refractivity contribution >= 4 is 39.5 Å². The highest BCUT2D eigenvalue weighted by Gasteiger charge is 2.13. The summed E-state index contributed by atoms with van der Waals surface area (Å²) in [5.41, 5.74) is 2.43. The average Bonchev–Trinajstić information content (AvgIpc) is 2.61. The van der Waals surface area contributed by atoms with Gasteiger partial charge in [0.25, 0.3) is 5.91 Å². The van der Waals surface area contributed by atoms with E-state index in [1.807, 2.05) is 31.3 Å². The van der Waals surface area contributed by atoms with Crippen LogP contribution in [0.5, 0.6) is 5.75 Å². The van der Waals surface area contributed by atoms with Crippen molar-refractivity contribution in [2.24, 2.45) is 0 Å². The molecule has 0 saturated carbocycles. The molecule has 0 radical (unpaired) electrons. The molecule has 0 aliphatic heterocycles. The van der Waals surface area contributed by atoms with E-state index >= 15 is 0 Å². The summed E-state index contributed by atoms with van der Waals surface area (Å²) in [6.07, 6.45) is 0. The zero-order chi connectivity index (χ0) is 20.7. The first-order valence-electron chi connectivity index (χ1n) is 8.16. The Morgan fingerprint density at radius 2 is 1.82 bits per heavy atom. The number of amides is 3. The van der Waals surface area contributed by atoms with E-state index in [0.29, 0.717) is 10.2 Å². The van der Waals surface area contributed by atoms with Gasteiger partial charge in [0.2, 0.25) is 0 Å². The number of carbonyl (C=O) groups is 3. The fraction of sp³-hybridized carbons (Fsp3) is 0.211. The summed E-state index contributed by atoms with van der Waals surface area (Å²) < 4.78 is 23.8. The number of urea groups is 1. The standard InChI is InChI=1S/C19H18BrFN2O5/c1-11-3-5-15(12(2)7-11)22-19(26)23-17(24)9-28-18(25)10-27-16-6-4-13(20)8-14(16)21/h3-8H,9-10H2,1-2H3,(H2,22,23,24,26). The van der Waals surface area contributed by atoms with Crippen LogP contribution in [0.3, 0.4) is 0 Å². The molecule has 2 aromatic rings. The van der Waals surface area contributed by atoms with Gasteiger partial charge in [0, 0.05) is 10.2 Å². The van der Waals surface area contributed by atoms with Gasteiger partial charge in [-0.3, -0.25) is 10.1 Å². The third kappa shape index (κ3) is 6.66. The van der Waals surface area contributed by atoms with Crippen LogP contribution in [0.25, 0.3) is 0 Å². The van der Waals surface area contributed by atoms with E-state index < -0.39 is 36.9 Å². The number of rotatable bonds is 6. The second-order valence-electron chi connectivity index (χ2n) is 5.84. The Balaban J connectivity index is 1.73. The molecule has 2 aromatic carbocycles. The monoisotopic (exact) mass is 452 g/mol. The summed E-state index contributed by atoms with van der Waals surface area (Å²) in [5, 5.41) is 4.57. The highest BCUT2D eigenvalue weighted by molar-refractivity contribution is 9.10. The molecular weight excluding hydrogens is 435 g/mol. The Morgan fingerprint density at radius 3 is 2.50 bits per heavy atom. The normalized spacial score (nSPS) is 10.1. The number of hydrogen-bond acceptors (Lipinski definition) is 5. The molecule has 0 bridgehead atoms. The van der Waals surface area contributed by atoms with Crippen LogP contribution >= 0.6 is 15.9 Å². The van der Waals surface area contributed by atoms with Crippen molar-refractivity contribution in [3.63, 3.8) is 0 Å². The first-order chi connectivity index (χ1) is 13.2.